The molecule has 2 N–H and O–H groups in total. The van der Waals surface area contributed by atoms with Gasteiger partial charge in [0.1, 0.15) is 5.75 Å². The Morgan fingerprint density at radius 3 is 2.83 bits per heavy atom. The van der Waals surface area contributed by atoms with Crippen molar-refractivity contribution in [3.8, 4) is 5.75 Å². The Kier molecular flexibility index (Phi) is 3.62. The van der Waals surface area contributed by atoms with Crippen LogP contribution < -0.4 is 5.32 Å². The highest BCUT2D eigenvalue weighted by molar-refractivity contribution is 9.10. The predicted octanol–water partition coefficient (Wildman–Crippen LogP) is 3.11. The van der Waals surface area contributed by atoms with Crippen molar-refractivity contribution < 1.29 is 9.90 Å². The molecule has 0 radical (unpaired) electrons. The number of halogens is 1. The van der Waals surface area contributed by atoms with Gasteiger partial charge in [-0.05, 0) is 46.6 Å². The van der Waals surface area contributed by atoms with E-state index in [0.29, 0.717) is 10.2 Å². The van der Waals surface area contributed by atoms with Gasteiger partial charge in [-0.3, -0.25) is 9.78 Å². The van der Waals surface area contributed by atoms with Crippen molar-refractivity contribution in [1.29, 1.82) is 0 Å². The SMILES string of the molecule is Cc1ccc(C(=O)Nc2ccncc2Br)c(O)c1. The molecular weight excluding hydrogens is 296 g/mol. The van der Waals surface area contributed by atoms with Crippen LogP contribution in [0.25, 0.3) is 0 Å². The van der Waals surface area contributed by atoms with Gasteiger partial charge in [0, 0.05) is 12.4 Å². The number of pyridine rings is 1. The number of rotatable bonds is 2. The minimum absolute atomic E-state index is 0.0299. The molecule has 0 saturated carbocycles. The van der Waals surface area contributed by atoms with Crippen LogP contribution in [0.2, 0.25) is 0 Å². The average molecular weight is 307 g/mol. The molecule has 0 fully saturated rings. The Bertz CT molecular complexity index is 599. The van der Waals surface area contributed by atoms with Crippen LogP contribution in [0.5, 0.6) is 5.75 Å². The number of nitrogens with zero attached hydrogens (tertiary/aromatic N) is 1. The molecular formula is C13H11BrN2O2. The first-order chi connectivity index (χ1) is 8.58. The zero-order chi connectivity index (χ0) is 13.1. The highest BCUT2D eigenvalue weighted by atomic mass is 79.9. The van der Waals surface area contributed by atoms with Gasteiger partial charge < -0.3 is 10.4 Å². The van der Waals surface area contributed by atoms with Crippen molar-refractivity contribution in [2.24, 2.45) is 0 Å². The summed E-state index contributed by atoms with van der Waals surface area (Å²) in [7, 11) is 0. The lowest BCUT2D eigenvalue weighted by Crippen LogP contribution is -2.12. The van der Waals surface area contributed by atoms with Crippen molar-refractivity contribution in [2.75, 3.05) is 5.32 Å². The molecule has 0 aliphatic rings. The van der Waals surface area contributed by atoms with Gasteiger partial charge in [0.15, 0.2) is 0 Å². The number of hydrogen-bond acceptors (Lipinski definition) is 3. The molecule has 0 unspecified atom stereocenters. The molecule has 0 aliphatic carbocycles. The molecule has 0 atom stereocenters. The molecule has 2 rings (SSSR count). The summed E-state index contributed by atoms with van der Waals surface area (Å²) in [4.78, 5) is 15.9. The summed E-state index contributed by atoms with van der Waals surface area (Å²) >= 11 is 3.29. The molecule has 1 heterocycles. The zero-order valence-corrected chi connectivity index (χ0v) is 11.2. The minimum Gasteiger partial charge on any atom is -0.507 e. The van der Waals surface area contributed by atoms with Gasteiger partial charge in [0.2, 0.25) is 0 Å². The Balaban J connectivity index is 2.25. The second kappa shape index (κ2) is 5.18. The first-order valence-corrected chi connectivity index (χ1v) is 6.07. The van der Waals surface area contributed by atoms with E-state index < -0.39 is 0 Å². The number of aromatic nitrogens is 1. The highest BCUT2D eigenvalue weighted by Crippen LogP contribution is 2.23. The summed E-state index contributed by atoms with van der Waals surface area (Å²) in [5, 5.41) is 12.4. The number of phenols is 1. The Morgan fingerprint density at radius 1 is 1.39 bits per heavy atom. The number of phenolic OH excluding ortho intramolecular Hbond substituents is 1. The van der Waals surface area contributed by atoms with Crippen LogP contribution in [0.4, 0.5) is 5.69 Å². The summed E-state index contributed by atoms with van der Waals surface area (Å²) in [6, 6.07) is 6.59. The smallest absolute Gasteiger partial charge is 0.259 e. The number of aryl methyl sites for hydroxylation is 1. The number of benzene rings is 1. The van der Waals surface area contributed by atoms with E-state index in [0.717, 1.165) is 5.56 Å². The van der Waals surface area contributed by atoms with Gasteiger partial charge in [-0.1, -0.05) is 6.07 Å². The van der Waals surface area contributed by atoms with Crippen molar-refractivity contribution >= 4 is 27.5 Å². The molecule has 0 aliphatic heterocycles. The molecule has 1 aromatic heterocycles. The maximum atomic E-state index is 12.0. The minimum atomic E-state index is -0.362. The molecule has 18 heavy (non-hydrogen) atoms. The van der Waals surface area contributed by atoms with Crippen molar-refractivity contribution in [3.63, 3.8) is 0 Å². The molecule has 1 amide bonds. The second-order valence-electron chi connectivity index (χ2n) is 3.83. The first kappa shape index (κ1) is 12.6. The van der Waals surface area contributed by atoms with E-state index >= 15 is 0 Å². The summed E-state index contributed by atoms with van der Waals surface area (Å²) in [6.07, 6.45) is 3.17. The van der Waals surface area contributed by atoms with E-state index in [2.05, 4.69) is 26.2 Å². The van der Waals surface area contributed by atoms with Crippen LogP contribution in [0.3, 0.4) is 0 Å². The number of carbonyl (C=O) groups is 1. The average Bonchev–Trinajstić information content (AvgIpc) is 2.32. The van der Waals surface area contributed by atoms with E-state index in [1.165, 1.54) is 0 Å². The van der Waals surface area contributed by atoms with Crippen LogP contribution in [0, 0.1) is 6.92 Å². The monoisotopic (exact) mass is 306 g/mol. The van der Waals surface area contributed by atoms with Crippen LogP contribution in [0.15, 0.2) is 41.1 Å². The number of nitrogens with one attached hydrogen (secondary N) is 1. The van der Waals surface area contributed by atoms with E-state index in [1.54, 1.807) is 36.7 Å². The van der Waals surface area contributed by atoms with E-state index in [1.807, 2.05) is 6.92 Å². The fourth-order valence-corrected chi connectivity index (χ4v) is 1.85. The van der Waals surface area contributed by atoms with E-state index in [4.69, 9.17) is 0 Å². The molecule has 5 heteroatoms. The molecule has 2 aromatic rings. The standard InChI is InChI=1S/C13H11BrN2O2/c1-8-2-3-9(12(17)6-8)13(18)16-11-4-5-15-7-10(11)14/h2-7,17H,1H3,(H,15,16,18). The van der Waals surface area contributed by atoms with Crippen LogP contribution in [0.1, 0.15) is 15.9 Å². The fourth-order valence-electron chi connectivity index (χ4n) is 1.50. The number of amides is 1. The fraction of sp³-hybridized carbons (Fsp3) is 0.0769. The normalized spacial score (nSPS) is 10.1. The third-order valence-electron chi connectivity index (χ3n) is 2.42. The highest BCUT2D eigenvalue weighted by Gasteiger charge is 2.12. The predicted molar refractivity (Wildman–Crippen MR) is 72.7 cm³/mol. The van der Waals surface area contributed by atoms with Crippen LogP contribution >= 0.6 is 15.9 Å². The van der Waals surface area contributed by atoms with Gasteiger partial charge in [0.25, 0.3) is 5.91 Å². The molecule has 0 bridgehead atoms. The first-order valence-electron chi connectivity index (χ1n) is 5.28. The third-order valence-corrected chi connectivity index (χ3v) is 3.05. The van der Waals surface area contributed by atoms with E-state index in [-0.39, 0.29) is 17.2 Å². The van der Waals surface area contributed by atoms with Crippen LogP contribution in [-0.4, -0.2) is 16.0 Å². The van der Waals surface area contributed by atoms with Gasteiger partial charge in [-0.2, -0.15) is 0 Å². The summed E-state index contributed by atoms with van der Waals surface area (Å²) in [5.74, 6) is -0.392. The summed E-state index contributed by atoms with van der Waals surface area (Å²) in [5.41, 5.74) is 1.74. The van der Waals surface area contributed by atoms with Gasteiger partial charge in [-0.15, -0.1) is 0 Å². The van der Waals surface area contributed by atoms with Crippen LogP contribution in [-0.2, 0) is 0 Å². The molecule has 0 saturated heterocycles. The Labute approximate surface area is 113 Å². The number of aromatic hydroxyl groups is 1. The lowest BCUT2D eigenvalue weighted by Gasteiger charge is -2.08. The summed E-state index contributed by atoms with van der Waals surface area (Å²) in [6.45, 7) is 1.85. The number of carbonyl (C=O) groups excluding carboxylic acids is 1. The molecule has 0 spiro atoms. The van der Waals surface area contributed by atoms with Crippen molar-refractivity contribution in [1.82, 2.24) is 4.98 Å². The van der Waals surface area contributed by atoms with E-state index in [9.17, 15) is 9.90 Å². The number of anilines is 1. The lowest BCUT2D eigenvalue weighted by molar-refractivity contribution is 0.102. The van der Waals surface area contributed by atoms with Crippen molar-refractivity contribution in [2.45, 2.75) is 6.92 Å². The largest absolute Gasteiger partial charge is 0.507 e. The maximum absolute atomic E-state index is 12.0. The second-order valence-corrected chi connectivity index (χ2v) is 4.68. The molecule has 1 aromatic carbocycles. The third kappa shape index (κ3) is 2.68. The zero-order valence-electron chi connectivity index (χ0n) is 9.64. The maximum Gasteiger partial charge on any atom is 0.259 e. The molecule has 4 nitrogen and oxygen atoms in total. The Morgan fingerprint density at radius 2 is 2.17 bits per heavy atom. The molecule has 92 valence electrons. The van der Waals surface area contributed by atoms with Gasteiger partial charge in [0.05, 0.1) is 15.7 Å². The lowest BCUT2D eigenvalue weighted by atomic mass is 10.1. The Hall–Kier alpha value is -1.88. The quantitative estimate of drug-likeness (QED) is 0.896. The summed E-state index contributed by atoms with van der Waals surface area (Å²) < 4.78 is 0.685. The van der Waals surface area contributed by atoms with Crippen molar-refractivity contribution in [3.05, 3.63) is 52.3 Å². The van der Waals surface area contributed by atoms with Gasteiger partial charge in [-0.25, -0.2) is 0 Å². The topological polar surface area (TPSA) is 62.2 Å². The number of hydrogen-bond donors (Lipinski definition) is 2. The van der Waals surface area contributed by atoms with Gasteiger partial charge >= 0.3 is 0 Å².